The molecule has 25 heavy (non-hydrogen) atoms. The monoisotopic (exact) mass is 391 g/mol. The summed E-state index contributed by atoms with van der Waals surface area (Å²) in [6.07, 6.45) is 0. The first-order chi connectivity index (χ1) is 11.4. The van der Waals surface area contributed by atoms with E-state index in [0.717, 1.165) is 4.31 Å². The van der Waals surface area contributed by atoms with Crippen molar-refractivity contribution >= 4 is 34.3 Å². The van der Waals surface area contributed by atoms with Crippen molar-refractivity contribution in [2.45, 2.75) is 4.90 Å². The number of likely N-dealkylation sites (N-methyl/N-ethyl adjacent to an activating group) is 1. The van der Waals surface area contributed by atoms with Gasteiger partial charge in [0.2, 0.25) is 15.9 Å². The Morgan fingerprint density at radius 2 is 1.76 bits per heavy atom. The molecule has 1 aliphatic heterocycles. The molecule has 0 aliphatic carbocycles. The Labute approximate surface area is 153 Å². The van der Waals surface area contributed by atoms with E-state index in [9.17, 15) is 18.0 Å². The Morgan fingerprint density at radius 1 is 1.20 bits per heavy atom. The number of benzene rings is 1. The number of hydrogen-bond acceptors (Lipinski definition) is 6. The number of rotatable bonds is 5. The van der Waals surface area contributed by atoms with Crippen molar-refractivity contribution in [3.63, 3.8) is 0 Å². The normalized spacial score (nSPS) is 14.8. The maximum absolute atomic E-state index is 12.5. The van der Waals surface area contributed by atoms with E-state index in [1.165, 1.54) is 38.4 Å². The predicted molar refractivity (Wildman–Crippen MR) is 94.3 cm³/mol. The number of carbonyl (C=O) groups excluding carboxylic acids is 2. The van der Waals surface area contributed by atoms with Crippen molar-refractivity contribution in [2.24, 2.45) is 0 Å². The molecule has 1 amide bonds. The van der Waals surface area contributed by atoms with Gasteiger partial charge in [-0.3, -0.25) is 4.79 Å². The van der Waals surface area contributed by atoms with Crippen LogP contribution in [-0.4, -0.2) is 76.4 Å². The molecule has 1 fully saturated rings. The van der Waals surface area contributed by atoms with E-state index in [4.69, 9.17) is 0 Å². The minimum absolute atomic E-state index is 0. The number of piperazine rings is 1. The lowest BCUT2D eigenvalue weighted by molar-refractivity contribution is -0.131. The van der Waals surface area contributed by atoms with E-state index in [1.807, 2.05) is 0 Å². The van der Waals surface area contributed by atoms with Gasteiger partial charge in [0.1, 0.15) is 0 Å². The SMILES string of the molecule is COC(=O)c1ccc(S(=O)(=O)N(C)CC(=O)N2CCNCC2)cc1.Cl. The van der Waals surface area contributed by atoms with Crippen LogP contribution in [0, 0.1) is 0 Å². The molecule has 1 aliphatic rings. The third-order valence-corrected chi connectivity index (χ3v) is 5.63. The van der Waals surface area contributed by atoms with Crippen molar-refractivity contribution < 1.29 is 22.7 Å². The molecule has 1 heterocycles. The van der Waals surface area contributed by atoms with Crippen LogP contribution in [0.2, 0.25) is 0 Å². The summed E-state index contributed by atoms with van der Waals surface area (Å²) in [6, 6.07) is 5.41. The number of methoxy groups -OCH3 is 1. The first-order valence-electron chi connectivity index (χ1n) is 7.49. The number of carbonyl (C=O) groups is 2. The summed E-state index contributed by atoms with van der Waals surface area (Å²) in [5.74, 6) is -0.769. The minimum atomic E-state index is -3.80. The van der Waals surface area contributed by atoms with Gasteiger partial charge in [-0.05, 0) is 24.3 Å². The van der Waals surface area contributed by atoms with Crippen LogP contribution in [0.5, 0.6) is 0 Å². The molecule has 1 N–H and O–H groups in total. The van der Waals surface area contributed by atoms with E-state index in [0.29, 0.717) is 26.2 Å². The van der Waals surface area contributed by atoms with E-state index in [1.54, 1.807) is 4.90 Å². The van der Waals surface area contributed by atoms with Gasteiger partial charge in [0.15, 0.2) is 0 Å². The van der Waals surface area contributed by atoms with Crippen molar-refractivity contribution in [2.75, 3.05) is 46.9 Å². The summed E-state index contributed by atoms with van der Waals surface area (Å²) in [7, 11) is -1.19. The number of esters is 1. The first-order valence-corrected chi connectivity index (χ1v) is 8.93. The highest BCUT2D eigenvalue weighted by Gasteiger charge is 2.26. The van der Waals surface area contributed by atoms with Gasteiger partial charge >= 0.3 is 5.97 Å². The zero-order chi connectivity index (χ0) is 17.7. The second kappa shape index (κ2) is 9.14. The molecule has 0 spiro atoms. The van der Waals surface area contributed by atoms with Gasteiger partial charge in [-0.1, -0.05) is 0 Å². The third-order valence-electron chi connectivity index (χ3n) is 3.81. The van der Waals surface area contributed by atoms with Crippen LogP contribution < -0.4 is 5.32 Å². The molecule has 2 rings (SSSR count). The molecule has 1 aromatic rings. The number of nitrogens with zero attached hydrogens (tertiary/aromatic N) is 2. The summed E-state index contributed by atoms with van der Waals surface area (Å²) in [4.78, 5) is 25.3. The molecule has 0 bridgehead atoms. The van der Waals surface area contributed by atoms with Gasteiger partial charge in [-0.25, -0.2) is 13.2 Å². The number of nitrogens with one attached hydrogen (secondary N) is 1. The van der Waals surface area contributed by atoms with Crippen LogP contribution in [0.15, 0.2) is 29.2 Å². The van der Waals surface area contributed by atoms with Gasteiger partial charge in [0, 0.05) is 33.2 Å². The highest BCUT2D eigenvalue weighted by Crippen LogP contribution is 2.16. The Balaban J connectivity index is 0.00000312. The van der Waals surface area contributed by atoms with Gasteiger partial charge in [0.05, 0.1) is 24.1 Å². The maximum Gasteiger partial charge on any atom is 0.337 e. The largest absolute Gasteiger partial charge is 0.465 e. The second-order valence-corrected chi connectivity index (χ2v) is 7.45. The summed E-state index contributed by atoms with van der Waals surface area (Å²) in [6.45, 7) is 2.33. The Morgan fingerprint density at radius 3 is 2.28 bits per heavy atom. The fourth-order valence-corrected chi connectivity index (χ4v) is 3.47. The molecule has 8 nitrogen and oxygen atoms in total. The molecule has 0 radical (unpaired) electrons. The van der Waals surface area contributed by atoms with Gasteiger partial charge in [0.25, 0.3) is 0 Å². The van der Waals surface area contributed by atoms with Crippen LogP contribution in [0.25, 0.3) is 0 Å². The zero-order valence-electron chi connectivity index (χ0n) is 14.1. The van der Waals surface area contributed by atoms with Crippen molar-refractivity contribution in [1.82, 2.24) is 14.5 Å². The van der Waals surface area contributed by atoms with Gasteiger partial charge < -0.3 is 15.0 Å². The predicted octanol–water partition coefficient (Wildman–Crippen LogP) is -0.0527. The van der Waals surface area contributed by atoms with Crippen molar-refractivity contribution in [3.05, 3.63) is 29.8 Å². The Bertz CT molecular complexity index is 702. The standard InChI is InChI=1S/C15H21N3O5S.ClH/c1-17(11-14(19)18-9-7-16-8-10-18)24(21,22)13-5-3-12(4-6-13)15(20)23-2;/h3-6,16H,7-11H2,1-2H3;1H. The van der Waals surface area contributed by atoms with Gasteiger partial charge in [-0.2, -0.15) is 4.31 Å². The molecule has 1 aromatic carbocycles. The molecule has 0 aromatic heterocycles. The number of ether oxygens (including phenoxy) is 1. The lowest BCUT2D eigenvalue weighted by Crippen LogP contribution is -2.49. The molecule has 140 valence electrons. The molecule has 0 atom stereocenters. The molecule has 1 saturated heterocycles. The van der Waals surface area contributed by atoms with Crippen LogP contribution >= 0.6 is 12.4 Å². The highest BCUT2D eigenvalue weighted by molar-refractivity contribution is 7.89. The summed E-state index contributed by atoms with van der Waals surface area (Å²) in [5.41, 5.74) is 0.260. The molecule has 10 heteroatoms. The molecular formula is C15H22ClN3O5S. The Kier molecular flexibility index (Phi) is 7.81. The van der Waals surface area contributed by atoms with Crippen LogP contribution in [0.3, 0.4) is 0 Å². The number of hydrogen-bond donors (Lipinski definition) is 1. The quantitative estimate of drug-likeness (QED) is 0.707. The zero-order valence-corrected chi connectivity index (χ0v) is 15.7. The Hall–Kier alpha value is -1.68. The molecule has 0 unspecified atom stereocenters. The molecular weight excluding hydrogens is 370 g/mol. The summed E-state index contributed by atoms with van der Waals surface area (Å²) in [5, 5.41) is 3.13. The van der Waals surface area contributed by atoms with Crippen LogP contribution in [0.4, 0.5) is 0 Å². The maximum atomic E-state index is 12.5. The fraction of sp³-hybridized carbons (Fsp3) is 0.467. The number of sulfonamides is 1. The van der Waals surface area contributed by atoms with Gasteiger partial charge in [-0.15, -0.1) is 12.4 Å². The lowest BCUT2D eigenvalue weighted by Gasteiger charge is -2.29. The lowest BCUT2D eigenvalue weighted by atomic mass is 10.2. The van der Waals surface area contributed by atoms with Crippen molar-refractivity contribution in [1.29, 1.82) is 0 Å². The van der Waals surface area contributed by atoms with Crippen LogP contribution in [0.1, 0.15) is 10.4 Å². The van der Waals surface area contributed by atoms with E-state index in [-0.39, 0.29) is 35.3 Å². The molecule has 0 saturated carbocycles. The first kappa shape index (κ1) is 21.4. The second-order valence-electron chi connectivity index (χ2n) is 5.41. The fourth-order valence-electron chi connectivity index (χ4n) is 2.35. The topological polar surface area (TPSA) is 96.0 Å². The number of amides is 1. The summed E-state index contributed by atoms with van der Waals surface area (Å²) < 4.78 is 30.6. The van der Waals surface area contributed by atoms with Crippen molar-refractivity contribution in [3.8, 4) is 0 Å². The third kappa shape index (κ3) is 5.15. The smallest absolute Gasteiger partial charge is 0.337 e. The van der Waals surface area contributed by atoms with E-state index < -0.39 is 16.0 Å². The van der Waals surface area contributed by atoms with E-state index in [2.05, 4.69) is 10.1 Å². The van der Waals surface area contributed by atoms with Crippen LogP contribution in [-0.2, 0) is 19.6 Å². The average Bonchev–Trinajstić information content (AvgIpc) is 2.61. The summed E-state index contributed by atoms with van der Waals surface area (Å²) >= 11 is 0. The minimum Gasteiger partial charge on any atom is -0.465 e. The average molecular weight is 392 g/mol. The van der Waals surface area contributed by atoms with E-state index >= 15 is 0 Å². The number of halogens is 1. The highest BCUT2D eigenvalue weighted by atomic mass is 35.5.